The van der Waals surface area contributed by atoms with Crippen molar-refractivity contribution in [3.8, 4) is 11.4 Å². The third kappa shape index (κ3) is 4.04. The number of aromatic nitrogens is 2. The molecular formula is C21H29N5O. The maximum atomic E-state index is 12.2. The summed E-state index contributed by atoms with van der Waals surface area (Å²) in [4.78, 5) is 27.7. The Balaban J connectivity index is 1.90. The van der Waals surface area contributed by atoms with E-state index in [4.69, 9.17) is 9.97 Å². The van der Waals surface area contributed by atoms with E-state index in [1.165, 1.54) is 11.1 Å². The van der Waals surface area contributed by atoms with E-state index in [1.807, 2.05) is 11.0 Å². The Kier molecular flexibility index (Phi) is 5.63. The molecule has 0 unspecified atom stereocenters. The Morgan fingerprint density at radius 2 is 1.81 bits per heavy atom. The van der Waals surface area contributed by atoms with Crippen molar-refractivity contribution in [3.63, 3.8) is 0 Å². The molecule has 0 aliphatic carbocycles. The van der Waals surface area contributed by atoms with Crippen molar-refractivity contribution in [2.45, 2.75) is 27.2 Å². The van der Waals surface area contributed by atoms with Crippen LogP contribution in [0.15, 0.2) is 24.3 Å². The lowest BCUT2D eigenvalue weighted by Gasteiger charge is -2.37. The minimum atomic E-state index is 0.0738. The second kappa shape index (κ2) is 7.94. The van der Waals surface area contributed by atoms with Gasteiger partial charge in [-0.3, -0.25) is 0 Å². The molecule has 1 fully saturated rings. The highest BCUT2D eigenvalue weighted by Crippen LogP contribution is 2.27. The van der Waals surface area contributed by atoms with Gasteiger partial charge in [0.1, 0.15) is 5.82 Å². The fourth-order valence-corrected chi connectivity index (χ4v) is 3.56. The minimum absolute atomic E-state index is 0.0738. The maximum Gasteiger partial charge on any atom is 0.319 e. The highest BCUT2D eigenvalue weighted by molar-refractivity contribution is 5.74. The normalized spacial score (nSPS) is 14.4. The molecule has 2 heterocycles. The number of anilines is 1. The molecule has 6 heteroatoms. The number of urea groups is 1. The molecule has 1 aromatic heterocycles. The lowest BCUT2D eigenvalue weighted by Crippen LogP contribution is -2.52. The van der Waals surface area contributed by atoms with E-state index in [0.717, 1.165) is 42.4 Å². The maximum absolute atomic E-state index is 12.2. The van der Waals surface area contributed by atoms with Gasteiger partial charge in [0.2, 0.25) is 0 Å². The van der Waals surface area contributed by atoms with E-state index in [2.05, 4.69) is 43.9 Å². The van der Waals surface area contributed by atoms with Crippen LogP contribution in [0.25, 0.3) is 11.4 Å². The number of carbonyl (C=O) groups is 1. The van der Waals surface area contributed by atoms with E-state index < -0.39 is 0 Å². The molecule has 0 saturated carbocycles. The molecule has 0 spiro atoms. The predicted octanol–water partition coefficient (Wildman–Crippen LogP) is 3.13. The summed E-state index contributed by atoms with van der Waals surface area (Å²) < 4.78 is 0. The van der Waals surface area contributed by atoms with Gasteiger partial charge in [0, 0.05) is 57.1 Å². The zero-order valence-electron chi connectivity index (χ0n) is 17.0. The first-order valence-electron chi connectivity index (χ1n) is 9.56. The number of piperazine rings is 1. The molecule has 6 nitrogen and oxygen atoms in total. The number of aryl methyl sites for hydroxylation is 2. The zero-order chi connectivity index (χ0) is 19.6. The summed E-state index contributed by atoms with van der Waals surface area (Å²) in [6.07, 6.45) is 0.895. The average molecular weight is 367 g/mol. The highest BCUT2D eigenvalue weighted by Gasteiger charge is 2.25. The molecule has 0 bridgehead atoms. The van der Waals surface area contributed by atoms with Crippen molar-refractivity contribution < 1.29 is 4.79 Å². The first kappa shape index (κ1) is 19.1. The summed E-state index contributed by atoms with van der Waals surface area (Å²) in [6, 6.07) is 8.38. The first-order valence-corrected chi connectivity index (χ1v) is 9.56. The molecule has 2 aromatic rings. The molecule has 0 radical (unpaired) electrons. The Labute approximate surface area is 161 Å². The van der Waals surface area contributed by atoms with Crippen molar-refractivity contribution >= 4 is 11.8 Å². The Morgan fingerprint density at radius 1 is 1.11 bits per heavy atom. The van der Waals surface area contributed by atoms with Gasteiger partial charge in [-0.05, 0) is 26.3 Å². The lowest BCUT2D eigenvalue weighted by molar-refractivity contribution is 0.168. The van der Waals surface area contributed by atoms with Crippen LogP contribution < -0.4 is 4.90 Å². The molecular weight excluding hydrogens is 338 g/mol. The highest BCUT2D eigenvalue weighted by atomic mass is 16.2. The van der Waals surface area contributed by atoms with E-state index in [1.54, 1.807) is 19.0 Å². The number of hydrogen-bond acceptors (Lipinski definition) is 4. The summed E-state index contributed by atoms with van der Waals surface area (Å²) in [6.45, 7) is 9.29. The number of benzene rings is 1. The summed E-state index contributed by atoms with van der Waals surface area (Å²) in [5.41, 5.74) is 4.47. The number of rotatable bonds is 3. The van der Waals surface area contributed by atoms with Crippen molar-refractivity contribution in [2.75, 3.05) is 45.2 Å². The smallest absolute Gasteiger partial charge is 0.319 e. The van der Waals surface area contributed by atoms with Gasteiger partial charge in [0.15, 0.2) is 5.82 Å². The van der Waals surface area contributed by atoms with Crippen molar-refractivity contribution in [1.29, 1.82) is 0 Å². The van der Waals surface area contributed by atoms with Gasteiger partial charge >= 0.3 is 6.03 Å². The van der Waals surface area contributed by atoms with Crippen molar-refractivity contribution in [1.82, 2.24) is 19.8 Å². The molecule has 144 valence electrons. The van der Waals surface area contributed by atoms with Crippen LogP contribution in [0.2, 0.25) is 0 Å². The summed E-state index contributed by atoms with van der Waals surface area (Å²) in [5, 5.41) is 0. The van der Waals surface area contributed by atoms with Crippen molar-refractivity contribution in [3.05, 3.63) is 41.1 Å². The van der Waals surface area contributed by atoms with Crippen LogP contribution in [-0.4, -0.2) is 66.1 Å². The van der Waals surface area contributed by atoms with Crippen LogP contribution in [0.3, 0.4) is 0 Å². The van der Waals surface area contributed by atoms with E-state index >= 15 is 0 Å². The molecule has 1 aliphatic rings. The molecule has 1 saturated heterocycles. The van der Waals surface area contributed by atoms with Gasteiger partial charge < -0.3 is 14.7 Å². The van der Waals surface area contributed by atoms with Gasteiger partial charge in [-0.25, -0.2) is 14.8 Å². The SMILES string of the molecule is CCc1c(C)nc(-c2cccc(C)c2)nc1N1CCN(C(=O)N(C)C)CC1. The second-order valence-corrected chi connectivity index (χ2v) is 7.31. The number of hydrogen-bond donors (Lipinski definition) is 0. The van der Waals surface area contributed by atoms with Crippen LogP contribution in [-0.2, 0) is 6.42 Å². The summed E-state index contributed by atoms with van der Waals surface area (Å²) in [5.74, 6) is 1.79. The second-order valence-electron chi connectivity index (χ2n) is 7.31. The molecule has 3 rings (SSSR count). The minimum Gasteiger partial charge on any atom is -0.353 e. The quantitative estimate of drug-likeness (QED) is 0.836. The Bertz CT molecular complexity index is 825. The molecule has 2 amide bonds. The zero-order valence-corrected chi connectivity index (χ0v) is 17.0. The van der Waals surface area contributed by atoms with Gasteiger partial charge in [0.25, 0.3) is 0 Å². The van der Waals surface area contributed by atoms with E-state index in [0.29, 0.717) is 13.1 Å². The summed E-state index contributed by atoms with van der Waals surface area (Å²) in [7, 11) is 3.59. The Morgan fingerprint density at radius 3 is 2.41 bits per heavy atom. The topological polar surface area (TPSA) is 52.6 Å². The van der Waals surface area contributed by atoms with Gasteiger partial charge in [-0.2, -0.15) is 0 Å². The third-order valence-electron chi connectivity index (χ3n) is 5.05. The number of nitrogens with zero attached hydrogens (tertiary/aromatic N) is 5. The molecule has 27 heavy (non-hydrogen) atoms. The first-order chi connectivity index (χ1) is 12.9. The predicted molar refractivity (Wildman–Crippen MR) is 109 cm³/mol. The fraction of sp³-hybridized carbons (Fsp3) is 0.476. The molecule has 0 atom stereocenters. The standard InChI is InChI=1S/C21H29N5O/c1-6-18-16(3)22-19(17-9-7-8-15(2)14-17)23-20(18)25-10-12-26(13-11-25)21(27)24(4)5/h7-9,14H,6,10-13H2,1-5H3. The lowest BCUT2D eigenvalue weighted by atomic mass is 10.1. The van der Waals surface area contributed by atoms with E-state index in [-0.39, 0.29) is 6.03 Å². The third-order valence-corrected chi connectivity index (χ3v) is 5.05. The van der Waals surface area contributed by atoms with Crippen LogP contribution in [0.1, 0.15) is 23.7 Å². The van der Waals surface area contributed by atoms with Crippen LogP contribution >= 0.6 is 0 Å². The molecule has 0 N–H and O–H groups in total. The Hall–Kier alpha value is -2.63. The van der Waals surface area contributed by atoms with E-state index in [9.17, 15) is 4.79 Å². The van der Waals surface area contributed by atoms with Crippen LogP contribution in [0.4, 0.5) is 10.6 Å². The fourth-order valence-electron chi connectivity index (χ4n) is 3.56. The largest absolute Gasteiger partial charge is 0.353 e. The van der Waals surface area contributed by atoms with Crippen LogP contribution in [0, 0.1) is 13.8 Å². The van der Waals surface area contributed by atoms with Gasteiger partial charge in [0.05, 0.1) is 0 Å². The summed E-state index contributed by atoms with van der Waals surface area (Å²) >= 11 is 0. The van der Waals surface area contributed by atoms with Gasteiger partial charge in [-0.1, -0.05) is 30.7 Å². The molecule has 1 aromatic carbocycles. The monoisotopic (exact) mass is 367 g/mol. The number of amides is 2. The average Bonchev–Trinajstić information content (AvgIpc) is 2.66. The van der Waals surface area contributed by atoms with Crippen LogP contribution in [0.5, 0.6) is 0 Å². The van der Waals surface area contributed by atoms with Crippen molar-refractivity contribution in [2.24, 2.45) is 0 Å². The number of carbonyl (C=O) groups excluding carboxylic acids is 1. The molecule has 1 aliphatic heterocycles. The van der Waals surface area contributed by atoms with Gasteiger partial charge in [-0.15, -0.1) is 0 Å².